The van der Waals surface area contributed by atoms with Crippen molar-refractivity contribution in [3.05, 3.63) is 98.2 Å². The number of hydrogen-bond acceptors (Lipinski definition) is 4. The van der Waals surface area contributed by atoms with Crippen molar-refractivity contribution < 1.29 is 26.7 Å². The lowest BCUT2D eigenvalue weighted by atomic mass is 10.0. The zero-order valence-corrected chi connectivity index (χ0v) is 22.0. The van der Waals surface area contributed by atoms with E-state index >= 15 is 0 Å². The van der Waals surface area contributed by atoms with E-state index in [1.54, 1.807) is 11.4 Å². The third-order valence-corrected chi connectivity index (χ3v) is 6.95. The highest BCUT2D eigenvalue weighted by atomic mass is 32.1. The number of halogens is 5. The van der Waals surface area contributed by atoms with Crippen molar-refractivity contribution in [3.63, 3.8) is 0 Å². The Hall–Kier alpha value is -3.97. The number of nitriles is 1. The third kappa shape index (κ3) is 6.04. The van der Waals surface area contributed by atoms with Gasteiger partial charge in [0.15, 0.2) is 0 Å². The Morgan fingerprint density at radius 1 is 1.05 bits per heavy atom. The van der Waals surface area contributed by atoms with Gasteiger partial charge >= 0.3 is 6.18 Å². The molecule has 10 heteroatoms. The Kier molecular flexibility index (Phi) is 7.93. The largest absolute Gasteiger partial charge is 0.491 e. The molecule has 0 aliphatic rings. The van der Waals surface area contributed by atoms with Crippen LogP contribution in [-0.2, 0) is 19.1 Å². The van der Waals surface area contributed by atoms with Gasteiger partial charge in [-0.3, -0.25) is 4.79 Å². The fourth-order valence-electron chi connectivity index (χ4n) is 4.15. The van der Waals surface area contributed by atoms with Crippen molar-refractivity contribution in [1.29, 1.82) is 5.26 Å². The molecule has 0 radical (unpaired) electrons. The number of hydrogen-bond donors (Lipinski definition) is 0. The maximum Gasteiger partial charge on any atom is 0.417 e. The van der Waals surface area contributed by atoms with Gasteiger partial charge in [-0.15, -0.1) is 11.3 Å². The van der Waals surface area contributed by atoms with E-state index in [9.17, 15) is 32.0 Å². The lowest BCUT2D eigenvalue weighted by molar-refractivity contribution is -0.137. The van der Waals surface area contributed by atoms with Crippen LogP contribution in [0.25, 0.3) is 21.7 Å². The van der Waals surface area contributed by atoms with Gasteiger partial charge in [0.05, 0.1) is 28.8 Å². The number of nitrogens with zero attached hydrogens (tertiary/aromatic N) is 2. The molecule has 2 heterocycles. The van der Waals surface area contributed by atoms with Crippen molar-refractivity contribution >= 4 is 11.3 Å². The van der Waals surface area contributed by atoms with E-state index in [4.69, 9.17) is 4.74 Å². The third-order valence-electron chi connectivity index (χ3n) is 5.99. The van der Waals surface area contributed by atoms with Crippen LogP contribution >= 0.6 is 11.3 Å². The van der Waals surface area contributed by atoms with Gasteiger partial charge in [-0.05, 0) is 72.7 Å². The van der Waals surface area contributed by atoms with Crippen LogP contribution in [0.15, 0.2) is 58.7 Å². The van der Waals surface area contributed by atoms with Crippen LogP contribution in [0, 0.1) is 23.0 Å². The first-order valence-corrected chi connectivity index (χ1v) is 12.9. The second-order valence-electron chi connectivity index (χ2n) is 9.14. The minimum Gasteiger partial charge on any atom is -0.491 e. The van der Waals surface area contributed by atoms with E-state index in [1.165, 1.54) is 6.07 Å². The van der Waals surface area contributed by atoms with Gasteiger partial charge < -0.3 is 9.30 Å². The summed E-state index contributed by atoms with van der Waals surface area (Å²) in [7, 11) is 0. The zero-order chi connectivity index (χ0) is 28.5. The van der Waals surface area contributed by atoms with Gasteiger partial charge in [-0.25, -0.2) is 8.78 Å². The predicted octanol–water partition coefficient (Wildman–Crippen LogP) is 7.81. The lowest BCUT2D eigenvalue weighted by Gasteiger charge is -2.17. The van der Waals surface area contributed by atoms with E-state index in [1.807, 2.05) is 39.0 Å². The van der Waals surface area contributed by atoms with Crippen LogP contribution in [0.2, 0.25) is 0 Å². The molecule has 0 unspecified atom stereocenters. The highest BCUT2D eigenvalue weighted by Gasteiger charge is 2.37. The average molecular weight is 559 g/mol. The summed E-state index contributed by atoms with van der Waals surface area (Å²) < 4.78 is 76.3. The minimum atomic E-state index is -4.97. The molecule has 4 nitrogen and oxygen atoms in total. The van der Waals surface area contributed by atoms with Crippen molar-refractivity contribution in [1.82, 2.24) is 4.57 Å². The first-order chi connectivity index (χ1) is 18.4. The molecule has 0 N–H and O–H groups in total. The molecule has 202 valence electrons. The molecule has 4 aromatic rings. The fourth-order valence-corrected chi connectivity index (χ4v) is 5.10. The van der Waals surface area contributed by atoms with Gasteiger partial charge in [0, 0.05) is 11.6 Å². The fraction of sp³-hybridized carbons (Fsp3) is 0.241. The summed E-state index contributed by atoms with van der Waals surface area (Å²) in [5, 5.41) is 11.1. The molecule has 0 spiro atoms. The van der Waals surface area contributed by atoms with Gasteiger partial charge in [0.25, 0.3) is 5.56 Å². The van der Waals surface area contributed by atoms with Crippen molar-refractivity contribution in [2.45, 2.75) is 46.0 Å². The van der Waals surface area contributed by atoms with E-state index < -0.39 is 41.0 Å². The molecule has 2 aromatic heterocycles. The standard InChI is InChI=1S/C29H23F5N2O2S/c1-4-17-7-19(9-22(8-17)38-16(2)3)20-10-27(39-15-20)26-12-24(29(32,33)34)23(13-35)28(37)36(26)14-18-5-6-21(30)11-25(18)31/h5-12,15-16H,4,14H2,1-3H3. The number of aryl methyl sites for hydroxylation is 1. The molecule has 0 saturated heterocycles. The summed E-state index contributed by atoms with van der Waals surface area (Å²) in [6.07, 6.45) is -4.31. The number of alkyl halides is 3. The summed E-state index contributed by atoms with van der Waals surface area (Å²) in [6.45, 7) is 5.28. The van der Waals surface area contributed by atoms with Crippen molar-refractivity contribution in [2.75, 3.05) is 0 Å². The van der Waals surface area contributed by atoms with Gasteiger partial charge in [0.2, 0.25) is 0 Å². The minimum absolute atomic E-state index is 0.0660. The molecule has 0 aliphatic heterocycles. The average Bonchev–Trinajstić information content (AvgIpc) is 3.35. The molecule has 39 heavy (non-hydrogen) atoms. The first kappa shape index (κ1) is 28.0. The summed E-state index contributed by atoms with van der Waals surface area (Å²) in [4.78, 5) is 13.5. The number of rotatable bonds is 7. The molecule has 2 aromatic carbocycles. The van der Waals surface area contributed by atoms with Crippen LogP contribution in [0.3, 0.4) is 0 Å². The predicted molar refractivity (Wildman–Crippen MR) is 140 cm³/mol. The molecule has 0 aliphatic carbocycles. The smallest absolute Gasteiger partial charge is 0.417 e. The molecular formula is C29H23F5N2O2S. The quantitative estimate of drug-likeness (QED) is 0.218. The van der Waals surface area contributed by atoms with Gasteiger partial charge in [-0.1, -0.05) is 19.1 Å². The molecule has 0 bridgehead atoms. The molecule has 0 saturated carbocycles. The monoisotopic (exact) mass is 558 g/mol. The summed E-state index contributed by atoms with van der Waals surface area (Å²) >= 11 is 1.10. The first-order valence-electron chi connectivity index (χ1n) is 12.0. The summed E-state index contributed by atoms with van der Waals surface area (Å²) in [6, 6.07) is 12.1. The molecule has 0 amide bonds. The van der Waals surface area contributed by atoms with E-state index in [0.717, 1.165) is 51.7 Å². The SMILES string of the molecule is CCc1cc(OC(C)C)cc(-c2csc(-c3cc(C(F)(F)F)c(C#N)c(=O)n3Cc3ccc(F)cc3F)c2)c1. The Morgan fingerprint density at radius 2 is 1.79 bits per heavy atom. The number of aromatic nitrogens is 1. The Morgan fingerprint density at radius 3 is 2.41 bits per heavy atom. The summed E-state index contributed by atoms with van der Waals surface area (Å²) in [5.74, 6) is -1.16. The normalized spacial score (nSPS) is 11.6. The molecular weight excluding hydrogens is 535 g/mol. The topological polar surface area (TPSA) is 55.0 Å². The Bertz CT molecular complexity index is 1630. The maximum atomic E-state index is 14.5. The number of ether oxygens (including phenoxy) is 1. The Balaban J connectivity index is 1.91. The van der Waals surface area contributed by atoms with Crippen LogP contribution in [0.4, 0.5) is 22.0 Å². The van der Waals surface area contributed by atoms with Crippen LogP contribution in [-0.4, -0.2) is 10.7 Å². The number of benzene rings is 2. The summed E-state index contributed by atoms with van der Waals surface area (Å²) in [5.41, 5.74) is -1.51. The van der Waals surface area contributed by atoms with Crippen molar-refractivity contribution in [2.24, 2.45) is 0 Å². The van der Waals surface area contributed by atoms with Crippen LogP contribution in [0.1, 0.15) is 43.0 Å². The van der Waals surface area contributed by atoms with Gasteiger partial charge in [-0.2, -0.15) is 18.4 Å². The zero-order valence-electron chi connectivity index (χ0n) is 21.2. The molecule has 4 rings (SSSR count). The van der Waals surface area contributed by atoms with E-state index in [2.05, 4.69) is 0 Å². The molecule has 0 atom stereocenters. The van der Waals surface area contributed by atoms with Gasteiger partial charge in [0.1, 0.15) is 29.0 Å². The lowest BCUT2D eigenvalue weighted by Crippen LogP contribution is -2.28. The van der Waals surface area contributed by atoms with Crippen LogP contribution in [0.5, 0.6) is 5.75 Å². The second kappa shape index (κ2) is 11.0. The Labute approximate surface area is 225 Å². The van der Waals surface area contributed by atoms with Crippen LogP contribution < -0.4 is 10.3 Å². The maximum absolute atomic E-state index is 14.5. The number of thiophene rings is 1. The molecule has 0 fully saturated rings. The number of pyridine rings is 1. The highest BCUT2D eigenvalue weighted by molar-refractivity contribution is 7.14. The second-order valence-corrected chi connectivity index (χ2v) is 10.1. The highest BCUT2D eigenvalue weighted by Crippen LogP contribution is 2.38. The van der Waals surface area contributed by atoms with Crippen molar-refractivity contribution in [3.8, 4) is 33.5 Å². The van der Waals surface area contributed by atoms with E-state index in [-0.39, 0.29) is 17.4 Å². The van der Waals surface area contributed by atoms with E-state index in [0.29, 0.717) is 22.3 Å².